The first-order chi connectivity index (χ1) is 14.2. The molecule has 3 N–H and O–H groups in total. The summed E-state index contributed by atoms with van der Waals surface area (Å²) in [5.41, 5.74) is 8.87. The number of nitrogens with zero attached hydrogens (tertiary/aromatic N) is 4. The van der Waals surface area contributed by atoms with E-state index in [1.54, 1.807) is 4.90 Å². The zero-order valence-corrected chi connectivity index (χ0v) is 20.0. The van der Waals surface area contributed by atoms with Crippen LogP contribution in [0.2, 0.25) is 0 Å². The molecule has 8 heteroatoms. The topological polar surface area (TPSA) is 87.4 Å². The summed E-state index contributed by atoms with van der Waals surface area (Å²) >= 11 is 3.53. The Hall–Kier alpha value is -2.35. The summed E-state index contributed by atoms with van der Waals surface area (Å²) in [5.74, 6) is 2.49. The lowest BCUT2D eigenvalue weighted by molar-refractivity contribution is 0.248. The van der Waals surface area contributed by atoms with Crippen LogP contribution in [0.4, 0.5) is 22.1 Å². The number of anilines is 3. The quantitative estimate of drug-likeness (QED) is 0.663. The molecule has 0 aliphatic heterocycles. The Morgan fingerprint density at radius 1 is 1.07 bits per heavy atom. The van der Waals surface area contributed by atoms with Crippen LogP contribution >= 0.6 is 15.9 Å². The van der Waals surface area contributed by atoms with Gasteiger partial charge in [0.15, 0.2) is 0 Å². The SMILES string of the molecule is Cc1nc(NC2CCC(N(C(N)=O)c3c(C)cc(Br)cc3C)CC2)cc(N(C)C)n1. The van der Waals surface area contributed by atoms with E-state index in [9.17, 15) is 4.79 Å². The number of halogens is 1. The van der Waals surface area contributed by atoms with Gasteiger partial charge in [0, 0.05) is 36.7 Å². The second kappa shape index (κ2) is 9.20. The number of hydrogen-bond donors (Lipinski definition) is 2. The molecule has 3 rings (SSSR count). The van der Waals surface area contributed by atoms with Crippen LogP contribution in [0.5, 0.6) is 0 Å². The van der Waals surface area contributed by atoms with Crippen LogP contribution in [0.15, 0.2) is 22.7 Å². The van der Waals surface area contributed by atoms with Crippen LogP contribution in [-0.2, 0) is 0 Å². The van der Waals surface area contributed by atoms with E-state index in [2.05, 4.69) is 31.2 Å². The molecule has 162 valence electrons. The molecule has 1 aliphatic rings. The summed E-state index contributed by atoms with van der Waals surface area (Å²) < 4.78 is 1.01. The smallest absolute Gasteiger partial charge is 0.319 e. The first-order valence-corrected chi connectivity index (χ1v) is 11.1. The van der Waals surface area contributed by atoms with Crippen molar-refractivity contribution in [1.82, 2.24) is 9.97 Å². The highest BCUT2D eigenvalue weighted by Gasteiger charge is 2.31. The second-order valence-electron chi connectivity index (χ2n) is 8.30. The molecule has 0 unspecified atom stereocenters. The van der Waals surface area contributed by atoms with Gasteiger partial charge >= 0.3 is 6.03 Å². The molecule has 0 radical (unpaired) electrons. The maximum atomic E-state index is 12.4. The number of amides is 2. The largest absolute Gasteiger partial charge is 0.367 e. The lowest BCUT2D eigenvalue weighted by atomic mass is 9.89. The molecule has 0 atom stereocenters. The van der Waals surface area contributed by atoms with Crippen LogP contribution in [0.1, 0.15) is 42.6 Å². The number of carbonyl (C=O) groups excluding carboxylic acids is 1. The van der Waals surface area contributed by atoms with E-state index < -0.39 is 0 Å². The molecule has 2 aromatic rings. The van der Waals surface area contributed by atoms with Crippen molar-refractivity contribution in [2.24, 2.45) is 5.73 Å². The van der Waals surface area contributed by atoms with Gasteiger partial charge in [-0.25, -0.2) is 14.8 Å². The maximum Gasteiger partial charge on any atom is 0.319 e. The molecule has 0 spiro atoms. The van der Waals surface area contributed by atoms with E-state index in [1.165, 1.54) is 0 Å². The van der Waals surface area contributed by atoms with Gasteiger partial charge in [0.1, 0.15) is 17.5 Å². The first kappa shape index (κ1) is 22.3. The third kappa shape index (κ3) is 5.03. The molecule has 1 saturated carbocycles. The molecule has 30 heavy (non-hydrogen) atoms. The molecule has 1 aromatic heterocycles. The number of rotatable bonds is 5. The summed E-state index contributed by atoms with van der Waals surface area (Å²) in [6.07, 6.45) is 3.67. The van der Waals surface area contributed by atoms with E-state index in [0.717, 1.165) is 64.4 Å². The number of nitrogens with one attached hydrogen (secondary N) is 1. The average molecular weight is 475 g/mol. The molecule has 1 fully saturated rings. The van der Waals surface area contributed by atoms with Crippen molar-refractivity contribution in [2.75, 3.05) is 29.2 Å². The van der Waals surface area contributed by atoms with Gasteiger partial charge in [-0.3, -0.25) is 4.90 Å². The summed E-state index contributed by atoms with van der Waals surface area (Å²) in [5, 5.41) is 3.56. The van der Waals surface area contributed by atoms with E-state index in [-0.39, 0.29) is 12.1 Å². The van der Waals surface area contributed by atoms with Crippen molar-refractivity contribution < 1.29 is 4.79 Å². The number of benzene rings is 1. The number of urea groups is 1. The molecule has 0 saturated heterocycles. The van der Waals surface area contributed by atoms with Gasteiger partial charge < -0.3 is 16.0 Å². The summed E-state index contributed by atoms with van der Waals surface area (Å²) in [6, 6.07) is 6.07. The van der Waals surface area contributed by atoms with E-state index in [1.807, 2.05) is 58.0 Å². The molecule has 0 bridgehead atoms. The molecule has 1 aliphatic carbocycles. The van der Waals surface area contributed by atoms with Gasteiger partial charge in [-0.15, -0.1) is 0 Å². The number of carbonyl (C=O) groups is 1. The Bertz CT molecular complexity index is 901. The van der Waals surface area contributed by atoms with Crippen molar-refractivity contribution in [3.8, 4) is 0 Å². The highest BCUT2D eigenvalue weighted by Crippen LogP contribution is 2.34. The standard InChI is InChI=1S/C22H31BrN6O/c1-13-10-16(23)11-14(2)21(13)29(22(24)30)18-8-6-17(7-9-18)27-19-12-20(28(4)5)26-15(3)25-19/h10-12,17-18H,6-9H2,1-5H3,(H2,24,30)(H,25,26,27). The minimum Gasteiger partial charge on any atom is -0.367 e. The molecular formula is C22H31BrN6O. The Morgan fingerprint density at radius 3 is 2.20 bits per heavy atom. The highest BCUT2D eigenvalue weighted by atomic mass is 79.9. The van der Waals surface area contributed by atoms with Gasteiger partial charge in [0.05, 0.1) is 5.69 Å². The lowest BCUT2D eigenvalue weighted by Crippen LogP contribution is -2.47. The first-order valence-electron chi connectivity index (χ1n) is 10.3. The number of hydrogen-bond acceptors (Lipinski definition) is 5. The van der Waals surface area contributed by atoms with Crippen molar-refractivity contribution >= 4 is 39.3 Å². The fourth-order valence-corrected chi connectivity index (χ4v) is 4.98. The predicted octanol–water partition coefficient (Wildman–Crippen LogP) is 4.54. The molecule has 7 nitrogen and oxygen atoms in total. The van der Waals surface area contributed by atoms with Crippen molar-refractivity contribution in [1.29, 1.82) is 0 Å². The number of primary amides is 1. The number of aryl methyl sites for hydroxylation is 3. The summed E-state index contributed by atoms with van der Waals surface area (Å²) in [7, 11) is 3.95. The van der Waals surface area contributed by atoms with Crippen LogP contribution in [-0.4, -0.2) is 42.2 Å². The minimum absolute atomic E-state index is 0.101. The third-order valence-electron chi connectivity index (χ3n) is 5.63. The second-order valence-corrected chi connectivity index (χ2v) is 9.21. The van der Waals surface area contributed by atoms with Crippen molar-refractivity contribution in [2.45, 2.75) is 58.5 Å². The Kier molecular flexibility index (Phi) is 6.85. The molecule has 1 heterocycles. The van der Waals surface area contributed by atoms with Crippen molar-refractivity contribution in [3.05, 3.63) is 39.6 Å². The lowest BCUT2D eigenvalue weighted by Gasteiger charge is -2.37. The Morgan fingerprint density at radius 2 is 1.67 bits per heavy atom. The van der Waals surface area contributed by atoms with Gasteiger partial charge in [0.25, 0.3) is 0 Å². The van der Waals surface area contributed by atoms with E-state index in [0.29, 0.717) is 6.04 Å². The molecule has 2 amide bonds. The van der Waals surface area contributed by atoms with E-state index >= 15 is 0 Å². The van der Waals surface area contributed by atoms with Crippen LogP contribution in [0, 0.1) is 20.8 Å². The maximum absolute atomic E-state index is 12.4. The van der Waals surface area contributed by atoms with Gasteiger partial charge in [0.2, 0.25) is 0 Å². The molecule has 1 aromatic carbocycles. The van der Waals surface area contributed by atoms with Crippen molar-refractivity contribution in [3.63, 3.8) is 0 Å². The third-order valence-corrected chi connectivity index (χ3v) is 6.09. The van der Waals surface area contributed by atoms with E-state index in [4.69, 9.17) is 5.73 Å². The highest BCUT2D eigenvalue weighted by molar-refractivity contribution is 9.10. The van der Waals surface area contributed by atoms with Crippen LogP contribution < -0.4 is 20.9 Å². The monoisotopic (exact) mass is 474 g/mol. The minimum atomic E-state index is -0.387. The Labute approximate surface area is 187 Å². The van der Waals surface area contributed by atoms with Gasteiger partial charge in [-0.2, -0.15) is 0 Å². The summed E-state index contributed by atoms with van der Waals surface area (Å²) in [4.78, 5) is 25.2. The summed E-state index contributed by atoms with van der Waals surface area (Å²) in [6.45, 7) is 5.95. The zero-order valence-electron chi connectivity index (χ0n) is 18.4. The van der Waals surface area contributed by atoms with Crippen LogP contribution in [0.3, 0.4) is 0 Å². The Balaban J connectivity index is 1.72. The average Bonchev–Trinajstić information content (AvgIpc) is 2.64. The molecular weight excluding hydrogens is 444 g/mol. The van der Waals surface area contributed by atoms with Gasteiger partial charge in [-0.1, -0.05) is 15.9 Å². The fourth-order valence-electron chi connectivity index (χ4n) is 4.30. The zero-order chi connectivity index (χ0) is 22.0. The fraction of sp³-hybridized carbons (Fsp3) is 0.500. The number of aromatic nitrogens is 2. The predicted molar refractivity (Wildman–Crippen MR) is 126 cm³/mol. The van der Waals surface area contributed by atoms with Crippen LogP contribution in [0.25, 0.3) is 0 Å². The number of nitrogens with two attached hydrogens (primary N) is 1. The van der Waals surface area contributed by atoms with Gasteiger partial charge in [-0.05, 0) is 69.7 Å². The normalized spacial score (nSPS) is 18.7.